The van der Waals surface area contributed by atoms with E-state index in [1.165, 1.54) is 16.9 Å². The molecule has 0 saturated carbocycles. The summed E-state index contributed by atoms with van der Waals surface area (Å²) in [5.41, 5.74) is 5.19. The summed E-state index contributed by atoms with van der Waals surface area (Å²) < 4.78 is 0. The molecule has 0 saturated heterocycles. The van der Waals surface area contributed by atoms with E-state index in [1.54, 1.807) is 12.4 Å². The van der Waals surface area contributed by atoms with Crippen LogP contribution in [0.1, 0.15) is 11.1 Å². The molecule has 0 bridgehead atoms. The number of nitrogens with zero attached hydrogens (tertiary/aromatic N) is 2. The van der Waals surface area contributed by atoms with Crippen molar-refractivity contribution in [3.8, 4) is 0 Å². The van der Waals surface area contributed by atoms with Crippen LogP contribution in [0.3, 0.4) is 0 Å². The molecule has 0 aliphatic heterocycles. The molecule has 4 heteroatoms. The van der Waals surface area contributed by atoms with E-state index in [2.05, 4.69) is 34.6 Å². The van der Waals surface area contributed by atoms with Crippen molar-refractivity contribution in [3.63, 3.8) is 0 Å². The van der Waals surface area contributed by atoms with Crippen molar-refractivity contribution in [1.29, 1.82) is 0 Å². The standard InChI is InChI=1S/C11H11N3S/c1-9-2-4-10(5-3-9)8-13-14-11-12-6-7-15-11/h2-8H,1H3,(H,12,14)/b13-8+. The maximum absolute atomic E-state index is 4.09. The second-order valence-corrected chi connectivity index (χ2v) is 4.01. The Labute approximate surface area is 92.5 Å². The second kappa shape index (κ2) is 4.70. The highest BCUT2D eigenvalue weighted by molar-refractivity contribution is 7.13. The summed E-state index contributed by atoms with van der Waals surface area (Å²) in [5.74, 6) is 0. The highest BCUT2D eigenvalue weighted by atomic mass is 32.1. The molecule has 0 aliphatic carbocycles. The minimum absolute atomic E-state index is 0.804. The summed E-state index contributed by atoms with van der Waals surface area (Å²) >= 11 is 1.52. The van der Waals surface area contributed by atoms with E-state index < -0.39 is 0 Å². The van der Waals surface area contributed by atoms with Gasteiger partial charge in [-0.1, -0.05) is 29.8 Å². The fraction of sp³-hybridized carbons (Fsp3) is 0.0909. The number of anilines is 1. The lowest BCUT2D eigenvalue weighted by molar-refractivity contribution is 1.29. The van der Waals surface area contributed by atoms with E-state index in [4.69, 9.17) is 0 Å². The Kier molecular flexibility index (Phi) is 3.09. The number of hydrogen-bond acceptors (Lipinski definition) is 4. The lowest BCUT2D eigenvalue weighted by Crippen LogP contribution is -1.89. The normalized spacial score (nSPS) is 10.7. The summed E-state index contributed by atoms with van der Waals surface area (Å²) in [5, 5.41) is 6.80. The molecule has 1 aromatic carbocycles. The summed E-state index contributed by atoms with van der Waals surface area (Å²) in [4.78, 5) is 4.06. The predicted molar refractivity (Wildman–Crippen MR) is 64.5 cm³/mol. The van der Waals surface area contributed by atoms with E-state index in [0.717, 1.165) is 10.7 Å². The van der Waals surface area contributed by atoms with Crippen LogP contribution >= 0.6 is 11.3 Å². The highest BCUT2D eigenvalue weighted by Gasteiger charge is 1.89. The lowest BCUT2D eigenvalue weighted by Gasteiger charge is -1.95. The Morgan fingerprint density at radius 1 is 1.33 bits per heavy atom. The molecule has 0 aliphatic rings. The zero-order valence-electron chi connectivity index (χ0n) is 8.34. The zero-order chi connectivity index (χ0) is 10.5. The average molecular weight is 217 g/mol. The first-order valence-electron chi connectivity index (χ1n) is 4.60. The number of aromatic nitrogens is 1. The highest BCUT2D eigenvalue weighted by Crippen LogP contribution is 2.09. The molecule has 0 spiro atoms. The van der Waals surface area contributed by atoms with Gasteiger partial charge in [0.15, 0.2) is 0 Å². The number of benzene rings is 1. The maximum Gasteiger partial charge on any atom is 0.203 e. The quantitative estimate of drug-likeness (QED) is 0.634. The van der Waals surface area contributed by atoms with Gasteiger partial charge in [-0.25, -0.2) is 4.98 Å². The van der Waals surface area contributed by atoms with Gasteiger partial charge in [-0.3, -0.25) is 5.43 Å². The van der Waals surface area contributed by atoms with Crippen LogP contribution in [-0.2, 0) is 0 Å². The monoisotopic (exact) mass is 217 g/mol. The van der Waals surface area contributed by atoms with Gasteiger partial charge in [0.1, 0.15) is 0 Å². The van der Waals surface area contributed by atoms with Gasteiger partial charge in [0.2, 0.25) is 5.13 Å². The minimum atomic E-state index is 0.804. The minimum Gasteiger partial charge on any atom is -0.253 e. The zero-order valence-corrected chi connectivity index (χ0v) is 9.16. The third-order valence-electron chi connectivity index (χ3n) is 1.88. The second-order valence-electron chi connectivity index (χ2n) is 3.12. The van der Waals surface area contributed by atoms with Gasteiger partial charge in [0.25, 0.3) is 0 Å². The smallest absolute Gasteiger partial charge is 0.203 e. The SMILES string of the molecule is Cc1ccc(/C=N/Nc2nccs2)cc1. The van der Waals surface area contributed by atoms with Crippen LogP contribution in [0, 0.1) is 6.92 Å². The Morgan fingerprint density at radius 3 is 2.80 bits per heavy atom. The van der Waals surface area contributed by atoms with Crippen LogP contribution in [-0.4, -0.2) is 11.2 Å². The number of hydrogen-bond donors (Lipinski definition) is 1. The van der Waals surface area contributed by atoms with Crippen LogP contribution in [0.5, 0.6) is 0 Å². The Hall–Kier alpha value is -1.68. The molecular weight excluding hydrogens is 206 g/mol. The summed E-state index contributed by atoms with van der Waals surface area (Å²) in [7, 11) is 0. The van der Waals surface area contributed by atoms with Crippen LogP contribution in [0.2, 0.25) is 0 Å². The van der Waals surface area contributed by atoms with Crippen LogP contribution < -0.4 is 5.43 Å². The molecule has 15 heavy (non-hydrogen) atoms. The molecule has 0 amide bonds. The van der Waals surface area contributed by atoms with Crippen molar-refractivity contribution in [1.82, 2.24) is 4.98 Å². The third-order valence-corrected chi connectivity index (χ3v) is 2.56. The fourth-order valence-corrected chi connectivity index (χ4v) is 1.57. The molecule has 1 aromatic heterocycles. The number of hydrazone groups is 1. The Balaban J connectivity index is 1.97. The Bertz CT molecular complexity index is 431. The summed E-state index contributed by atoms with van der Waals surface area (Å²) in [6.45, 7) is 2.06. The molecule has 2 rings (SSSR count). The Morgan fingerprint density at radius 2 is 2.13 bits per heavy atom. The van der Waals surface area contributed by atoms with Gasteiger partial charge in [-0.05, 0) is 12.5 Å². The van der Waals surface area contributed by atoms with Gasteiger partial charge in [0, 0.05) is 11.6 Å². The molecule has 3 nitrogen and oxygen atoms in total. The van der Waals surface area contributed by atoms with Gasteiger partial charge < -0.3 is 0 Å². The van der Waals surface area contributed by atoms with Crippen molar-refractivity contribution < 1.29 is 0 Å². The van der Waals surface area contributed by atoms with E-state index >= 15 is 0 Å². The van der Waals surface area contributed by atoms with E-state index in [9.17, 15) is 0 Å². The number of thiazole rings is 1. The van der Waals surface area contributed by atoms with Gasteiger partial charge in [0.05, 0.1) is 6.21 Å². The molecule has 0 radical (unpaired) electrons. The van der Waals surface area contributed by atoms with Gasteiger partial charge >= 0.3 is 0 Å². The largest absolute Gasteiger partial charge is 0.253 e. The van der Waals surface area contributed by atoms with Crippen LogP contribution in [0.4, 0.5) is 5.13 Å². The molecule has 0 atom stereocenters. The topological polar surface area (TPSA) is 37.3 Å². The van der Waals surface area contributed by atoms with E-state index in [-0.39, 0.29) is 0 Å². The fourth-order valence-electron chi connectivity index (χ4n) is 1.09. The number of rotatable bonds is 3. The van der Waals surface area contributed by atoms with Gasteiger partial charge in [-0.15, -0.1) is 11.3 Å². The average Bonchev–Trinajstić information content (AvgIpc) is 2.74. The third kappa shape index (κ3) is 2.89. The molecular formula is C11H11N3S. The van der Waals surface area contributed by atoms with Crippen molar-refractivity contribution >= 4 is 22.7 Å². The van der Waals surface area contributed by atoms with Crippen LogP contribution in [0.15, 0.2) is 40.9 Å². The summed E-state index contributed by atoms with van der Waals surface area (Å²) in [6.07, 6.45) is 3.52. The predicted octanol–water partition coefficient (Wildman–Crippen LogP) is 2.90. The molecule has 1 N–H and O–H groups in total. The van der Waals surface area contributed by atoms with E-state index in [1.807, 2.05) is 17.5 Å². The maximum atomic E-state index is 4.09. The molecule has 1 heterocycles. The molecule has 76 valence electrons. The van der Waals surface area contributed by atoms with Crippen molar-refractivity contribution in [2.75, 3.05) is 5.43 Å². The van der Waals surface area contributed by atoms with E-state index in [0.29, 0.717) is 0 Å². The van der Waals surface area contributed by atoms with Gasteiger partial charge in [-0.2, -0.15) is 5.10 Å². The first kappa shape index (κ1) is 9.86. The number of nitrogens with one attached hydrogen (secondary N) is 1. The first-order valence-corrected chi connectivity index (χ1v) is 5.48. The van der Waals surface area contributed by atoms with Crippen molar-refractivity contribution in [2.45, 2.75) is 6.92 Å². The number of aryl methyl sites for hydroxylation is 1. The van der Waals surface area contributed by atoms with Crippen molar-refractivity contribution in [3.05, 3.63) is 47.0 Å². The van der Waals surface area contributed by atoms with Crippen LogP contribution in [0.25, 0.3) is 0 Å². The first-order chi connectivity index (χ1) is 7.34. The lowest BCUT2D eigenvalue weighted by atomic mass is 10.2. The molecule has 2 aromatic rings. The molecule has 0 unspecified atom stereocenters. The van der Waals surface area contributed by atoms with Crippen molar-refractivity contribution in [2.24, 2.45) is 5.10 Å². The summed E-state index contributed by atoms with van der Waals surface area (Å²) in [6, 6.07) is 8.18. The molecule has 0 fully saturated rings.